The molecule has 0 radical (unpaired) electrons. The normalized spacial score (nSPS) is 18.2. The lowest BCUT2D eigenvalue weighted by Gasteiger charge is -2.30. The number of carbonyl (C=O) groups excluding carboxylic acids is 1. The van der Waals surface area contributed by atoms with Gasteiger partial charge in [0.1, 0.15) is 11.6 Å². The molecule has 2 N–H and O–H groups in total. The number of fused-ring (bicyclic) bond motifs is 1. The summed E-state index contributed by atoms with van der Waals surface area (Å²) in [5.74, 6) is -1.49. The Labute approximate surface area is 169 Å². The van der Waals surface area contributed by atoms with Gasteiger partial charge in [0.05, 0.1) is 19.3 Å². The first-order valence-electron chi connectivity index (χ1n) is 9.21. The zero-order valence-corrected chi connectivity index (χ0v) is 16.5. The Bertz CT molecular complexity index is 814. The van der Waals surface area contributed by atoms with E-state index in [0.717, 1.165) is 11.6 Å². The quantitative estimate of drug-likeness (QED) is 0.619. The fourth-order valence-corrected chi connectivity index (χ4v) is 3.77. The summed E-state index contributed by atoms with van der Waals surface area (Å²) in [7, 11) is 0. The molecule has 2 aromatic carbocycles. The van der Waals surface area contributed by atoms with Gasteiger partial charge < -0.3 is 15.4 Å². The maximum absolute atomic E-state index is 13.5. The fourth-order valence-electron chi connectivity index (χ4n) is 3.48. The average Bonchev–Trinajstić information content (AvgIpc) is 2.64. The second-order valence-electron chi connectivity index (χ2n) is 7.03. The Hall–Kier alpha value is -1.96. The van der Waals surface area contributed by atoms with Crippen molar-refractivity contribution in [3.63, 3.8) is 0 Å². The van der Waals surface area contributed by atoms with E-state index < -0.39 is 11.6 Å². The van der Waals surface area contributed by atoms with E-state index in [1.165, 1.54) is 24.6 Å². The third kappa shape index (κ3) is 5.53. The molecule has 3 atom stereocenters. The zero-order valence-electron chi connectivity index (χ0n) is 15.6. The number of nitrogens with one attached hydrogen (secondary N) is 2. The topological polar surface area (TPSA) is 50.4 Å². The minimum absolute atomic E-state index is 0.0317. The van der Waals surface area contributed by atoms with Crippen LogP contribution in [0.15, 0.2) is 42.5 Å². The van der Waals surface area contributed by atoms with E-state index in [1.54, 1.807) is 0 Å². The summed E-state index contributed by atoms with van der Waals surface area (Å²) in [6.45, 7) is 3.06. The van der Waals surface area contributed by atoms with E-state index in [2.05, 4.69) is 29.3 Å². The second-order valence-corrected chi connectivity index (χ2v) is 7.69. The first-order chi connectivity index (χ1) is 13.4. The van der Waals surface area contributed by atoms with Crippen molar-refractivity contribution in [1.29, 1.82) is 0 Å². The van der Waals surface area contributed by atoms with Gasteiger partial charge in [-0.2, -0.15) is 12.6 Å². The maximum Gasteiger partial charge on any atom is 0.217 e. The van der Waals surface area contributed by atoms with Crippen molar-refractivity contribution in [2.45, 2.75) is 37.3 Å². The molecule has 3 rings (SSSR count). The van der Waals surface area contributed by atoms with Crippen molar-refractivity contribution in [3.8, 4) is 0 Å². The van der Waals surface area contributed by atoms with E-state index in [0.29, 0.717) is 25.3 Å². The highest BCUT2D eigenvalue weighted by Gasteiger charge is 2.24. The molecule has 1 aliphatic rings. The Kier molecular flexibility index (Phi) is 7.04. The van der Waals surface area contributed by atoms with Crippen molar-refractivity contribution in [2.24, 2.45) is 0 Å². The number of halogens is 2. The van der Waals surface area contributed by atoms with Gasteiger partial charge in [0.25, 0.3) is 0 Å². The van der Waals surface area contributed by atoms with E-state index >= 15 is 0 Å². The van der Waals surface area contributed by atoms with Crippen LogP contribution in [0.2, 0.25) is 0 Å². The molecule has 0 saturated heterocycles. The standard InChI is InChI=1S/C21H24F2N2O2S/c1-13(26)25-19(8-14-6-16(22)9-17(23)7-14)21(28)10-24-20-12-27-11-15-4-2-3-5-18(15)20/h2-7,9,19-21,24,28H,8,10-12H2,1H3,(H,25,26)/t19-,20?,21+/m0/s1. The largest absolute Gasteiger partial charge is 0.375 e. The number of hydrogen-bond acceptors (Lipinski definition) is 4. The highest BCUT2D eigenvalue weighted by atomic mass is 32.1. The fraction of sp³-hybridized carbons (Fsp3) is 0.381. The number of hydrogen-bond donors (Lipinski definition) is 3. The monoisotopic (exact) mass is 406 g/mol. The van der Waals surface area contributed by atoms with Gasteiger partial charge in [-0.15, -0.1) is 0 Å². The predicted octanol–water partition coefficient (Wildman–Crippen LogP) is 3.17. The molecule has 28 heavy (non-hydrogen) atoms. The Balaban J connectivity index is 1.66. The molecule has 0 bridgehead atoms. The third-order valence-electron chi connectivity index (χ3n) is 4.78. The lowest BCUT2D eigenvalue weighted by Crippen LogP contribution is -2.46. The molecule has 1 unspecified atom stereocenters. The summed E-state index contributed by atoms with van der Waals surface area (Å²) in [6.07, 6.45) is 0.280. The first-order valence-corrected chi connectivity index (χ1v) is 9.73. The number of amides is 1. The van der Waals surface area contributed by atoms with Gasteiger partial charge >= 0.3 is 0 Å². The van der Waals surface area contributed by atoms with Gasteiger partial charge in [-0.1, -0.05) is 24.3 Å². The van der Waals surface area contributed by atoms with Crippen LogP contribution in [0.25, 0.3) is 0 Å². The van der Waals surface area contributed by atoms with Crippen LogP contribution >= 0.6 is 12.6 Å². The highest BCUT2D eigenvalue weighted by Crippen LogP contribution is 2.24. The molecule has 0 saturated carbocycles. The maximum atomic E-state index is 13.5. The van der Waals surface area contributed by atoms with Crippen LogP contribution in [0.1, 0.15) is 29.7 Å². The van der Waals surface area contributed by atoms with Crippen molar-refractivity contribution in [2.75, 3.05) is 13.2 Å². The van der Waals surface area contributed by atoms with Gasteiger partial charge in [0.15, 0.2) is 0 Å². The van der Waals surface area contributed by atoms with Crippen LogP contribution in [0.3, 0.4) is 0 Å². The molecule has 2 aromatic rings. The molecule has 1 heterocycles. The number of ether oxygens (including phenoxy) is 1. The Morgan fingerprint density at radius 1 is 1.25 bits per heavy atom. The number of benzene rings is 2. The number of thiol groups is 1. The summed E-state index contributed by atoms with van der Waals surface area (Å²) >= 11 is 4.65. The molecule has 7 heteroatoms. The van der Waals surface area contributed by atoms with E-state index in [1.807, 2.05) is 18.2 Å². The first kappa shape index (κ1) is 20.8. The Morgan fingerprint density at radius 2 is 1.96 bits per heavy atom. The van der Waals surface area contributed by atoms with Gasteiger partial charge in [0.2, 0.25) is 5.91 Å². The molecule has 0 aliphatic carbocycles. The van der Waals surface area contributed by atoms with Gasteiger partial charge in [-0.3, -0.25) is 4.79 Å². The minimum atomic E-state index is -0.638. The number of carbonyl (C=O) groups is 1. The van der Waals surface area contributed by atoms with Crippen LogP contribution in [0.4, 0.5) is 8.78 Å². The van der Waals surface area contributed by atoms with Gasteiger partial charge in [-0.05, 0) is 35.2 Å². The summed E-state index contributed by atoms with van der Waals surface area (Å²) in [5, 5.41) is 6.02. The van der Waals surface area contributed by atoms with Crippen molar-refractivity contribution in [3.05, 3.63) is 70.8 Å². The molecule has 1 amide bonds. The molecule has 0 fully saturated rings. The van der Waals surface area contributed by atoms with Gasteiger partial charge in [0, 0.05) is 30.8 Å². The van der Waals surface area contributed by atoms with Crippen LogP contribution in [-0.4, -0.2) is 30.4 Å². The van der Waals surface area contributed by atoms with Crippen LogP contribution in [0.5, 0.6) is 0 Å². The lowest BCUT2D eigenvalue weighted by atomic mass is 9.98. The third-order valence-corrected chi connectivity index (χ3v) is 5.32. The molecular weight excluding hydrogens is 382 g/mol. The van der Waals surface area contributed by atoms with Crippen LogP contribution in [-0.2, 0) is 22.6 Å². The molecule has 0 spiro atoms. The van der Waals surface area contributed by atoms with Crippen molar-refractivity contribution >= 4 is 18.5 Å². The summed E-state index contributed by atoms with van der Waals surface area (Å²) in [6, 6.07) is 11.1. The smallest absolute Gasteiger partial charge is 0.217 e. The molecule has 150 valence electrons. The summed E-state index contributed by atoms with van der Waals surface area (Å²) in [5.41, 5.74) is 2.81. The zero-order chi connectivity index (χ0) is 20.1. The second kappa shape index (κ2) is 9.49. The average molecular weight is 406 g/mol. The van der Waals surface area contributed by atoms with E-state index in [9.17, 15) is 13.6 Å². The van der Waals surface area contributed by atoms with Crippen molar-refractivity contribution in [1.82, 2.24) is 10.6 Å². The van der Waals surface area contributed by atoms with Crippen LogP contribution < -0.4 is 10.6 Å². The highest BCUT2D eigenvalue weighted by molar-refractivity contribution is 7.81. The minimum Gasteiger partial charge on any atom is -0.375 e. The van der Waals surface area contributed by atoms with E-state index in [-0.39, 0.29) is 29.7 Å². The lowest BCUT2D eigenvalue weighted by molar-refractivity contribution is -0.119. The molecule has 4 nitrogen and oxygen atoms in total. The SMILES string of the molecule is CC(=O)N[C@@H](Cc1cc(F)cc(F)c1)[C@H](S)CNC1COCc2ccccc21. The molecule has 0 aromatic heterocycles. The molecule has 1 aliphatic heterocycles. The predicted molar refractivity (Wildman–Crippen MR) is 107 cm³/mol. The van der Waals surface area contributed by atoms with Gasteiger partial charge in [-0.25, -0.2) is 8.78 Å². The van der Waals surface area contributed by atoms with E-state index in [4.69, 9.17) is 4.74 Å². The Morgan fingerprint density at radius 3 is 2.68 bits per heavy atom. The molecular formula is C21H24F2N2O2S. The summed E-state index contributed by atoms with van der Waals surface area (Å²) in [4.78, 5) is 11.6. The number of rotatable bonds is 7. The van der Waals surface area contributed by atoms with Crippen molar-refractivity contribution < 1.29 is 18.3 Å². The van der Waals surface area contributed by atoms with Crippen LogP contribution in [0, 0.1) is 11.6 Å². The summed E-state index contributed by atoms with van der Waals surface area (Å²) < 4.78 is 32.6.